The van der Waals surface area contributed by atoms with Crippen LogP contribution in [0, 0.1) is 0 Å². The molecule has 0 spiro atoms. The van der Waals surface area contributed by atoms with Gasteiger partial charge < -0.3 is 25.1 Å². The molecule has 0 fully saturated rings. The molecule has 0 aromatic rings. The summed E-state index contributed by atoms with van der Waals surface area (Å²) < 4.78 is 0. The van der Waals surface area contributed by atoms with Crippen molar-refractivity contribution in [1.82, 2.24) is 5.32 Å². The van der Waals surface area contributed by atoms with Crippen LogP contribution in [0.1, 0.15) is 44.9 Å². The molecular weight excluding hydrogens is 360 g/mol. The minimum absolute atomic E-state index is 0. The third-order valence-electron chi connectivity index (χ3n) is 2.91. The first kappa shape index (κ1) is 28.9. The molecule has 0 bridgehead atoms. The Kier molecular flexibility index (Phi) is 22.5. The van der Waals surface area contributed by atoms with Crippen LogP contribution in [0.2, 0.25) is 0 Å². The Morgan fingerprint density at radius 2 is 1.57 bits per heavy atom. The van der Waals surface area contributed by atoms with Gasteiger partial charge in [-0.3, -0.25) is 4.79 Å². The second-order valence-electron chi connectivity index (χ2n) is 4.76. The van der Waals surface area contributed by atoms with Gasteiger partial charge in [0.25, 0.3) is 0 Å². The SMILES string of the molecule is O=C([O-])CC[C@H](NC(=O)CCCCC(S)CCS)C(=O)[O-].[Na+].[Na+]. The fourth-order valence-corrected chi connectivity index (χ4v) is 2.56. The molecule has 0 saturated heterocycles. The summed E-state index contributed by atoms with van der Waals surface area (Å²) in [5.74, 6) is -2.51. The van der Waals surface area contributed by atoms with Gasteiger partial charge in [0, 0.05) is 17.6 Å². The molecule has 0 aliphatic rings. The van der Waals surface area contributed by atoms with Gasteiger partial charge in [0.1, 0.15) is 0 Å². The molecule has 0 aliphatic carbocycles. The maximum atomic E-state index is 11.6. The Bertz CT molecular complexity index is 361. The Labute approximate surface area is 192 Å². The summed E-state index contributed by atoms with van der Waals surface area (Å²) in [5, 5.41) is 23.6. The van der Waals surface area contributed by atoms with E-state index in [0.717, 1.165) is 25.0 Å². The Morgan fingerprint density at radius 3 is 2.04 bits per heavy atom. The van der Waals surface area contributed by atoms with Crippen LogP contribution in [0.15, 0.2) is 0 Å². The number of carboxylic acid groups (broad SMARTS) is 2. The second-order valence-corrected chi connectivity index (χ2v) is 5.94. The molecule has 2 atom stereocenters. The molecule has 1 N–H and O–H groups in total. The molecule has 0 rings (SSSR count). The minimum Gasteiger partial charge on any atom is -0.550 e. The third kappa shape index (κ3) is 17.7. The van der Waals surface area contributed by atoms with E-state index in [0.29, 0.717) is 6.42 Å². The molecule has 0 aliphatic heterocycles. The number of hydrogen-bond donors (Lipinski definition) is 3. The van der Waals surface area contributed by atoms with E-state index >= 15 is 0 Å². The van der Waals surface area contributed by atoms with Crippen LogP contribution >= 0.6 is 25.3 Å². The zero-order valence-electron chi connectivity index (χ0n) is 13.7. The number of aliphatic carboxylic acids is 2. The minimum atomic E-state index is -1.49. The maximum Gasteiger partial charge on any atom is 1.00 e. The van der Waals surface area contributed by atoms with E-state index < -0.39 is 30.3 Å². The monoisotopic (exact) mass is 381 g/mol. The maximum absolute atomic E-state index is 11.6. The summed E-state index contributed by atoms with van der Waals surface area (Å²) in [6.07, 6.45) is 2.71. The van der Waals surface area contributed by atoms with Crippen LogP contribution in [0.3, 0.4) is 0 Å². The summed E-state index contributed by atoms with van der Waals surface area (Å²) in [5.41, 5.74) is 0. The number of unbranched alkanes of at least 4 members (excludes halogenated alkanes) is 1. The van der Waals surface area contributed by atoms with Gasteiger partial charge in [-0.2, -0.15) is 25.3 Å². The molecule has 0 heterocycles. The molecule has 0 saturated carbocycles. The number of hydrogen-bond acceptors (Lipinski definition) is 7. The first-order valence-electron chi connectivity index (χ1n) is 6.85. The van der Waals surface area contributed by atoms with Crippen molar-refractivity contribution in [2.75, 3.05) is 5.75 Å². The Morgan fingerprint density at radius 1 is 0.957 bits per heavy atom. The molecule has 0 radical (unpaired) electrons. The van der Waals surface area contributed by atoms with Gasteiger partial charge in [-0.1, -0.05) is 6.42 Å². The van der Waals surface area contributed by atoms with Crippen molar-refractivity contribution in [3.63, 3.8) is 0 Å². The molecular formula is C13H21NNa2O5S2. The van der Waals surface area contributed by atoms with Gasteiger partial charge in [0.15, 0.2) is 0 Å². The van der Waals surface area contributed by atoms with Gasteiger partial charge in [-0.25, -0.2) is 0 Å². The molecule has 6 nitrogen and oxygen atoms in total. The fraction of sp³-hybridized carbons (Fsp3) is 0.769. The smallest absolute Gasteiger partial charge is 0.550 e. The number of thiol groups is 2. The molecule has 0 aromatic heterocycles. The van der Waals surface area contributed by atoms with Gasteiger partial charge in [-0.05, 0) is 37.9 Å². The zero-order valence-corrected chi connectivity index (χ0v) is 19.5. The van der Waals surface area contributed by atoms with E-state index in [9.17, 15) is 24.6 Å². The standard InChI is InChI=1S/C13H23NO5S2.2Na/c15-11(4-2-1-3-9(21)7-8-20)14-10(13(18)19)5-6-12(16)17;;/h9-10,20-21H,1-8H2,(H,14,15)(H,16,17)(H,18,19);;/q;2*+1/p-2/t9?,10-;;/m0../s1. The molecule has 1 amide bonds. The topological polar surface area (TPSA) is 109 Å². The molecule has 1 unspecified atom stereocenters. The average Bonchev–Trinajstić information content (AvgIpc) is 2.39. The average molecular weight is 381 g/mol. The van der Waals surface area contributed by atoms with Gasteiger partial charge in [0.05, 0.1) is 12.0 Å². The molecule has 10 heteroatoms. The van der Waals surface area contributed by atoms with E-state index in [1.807, 2.05) is 0 Å². The third-order valence-corrected chi connectivity index (χ3v) is 3.68. The van der Waals surface area contributed by atoms with Crippen LogP contribution in [0.5, 0.6) is 0 Å². The Hall–Kier alpha value is 1.11. The van der Waals surface area contributed by atoms with E-state index in [1.165, 1.54) is 0 Å². The molecule has 0 aromatic carbocycles. The van der Waals surface area contributed by atoms with E-state index in [1.54, 1.807) is 0 Å². The first-order valence-corrected chi connectivity index (χ1v) is 8.00. The second kappa shape index (κ2) is 17.9. The van der Waals surface area contributed by atoms with Crippen molar-refractivity contribution in [3.8, 4) is 0 Å². The van der Waals surface area contributed by atoms with Gasteiger partial charge >= 0.3 is 59.1 Å². The van der Waals surface area contributed by atoms with Gasteiger partial charge in [0.2, 0.25) is 5.91 Å². The summed E-state index contributed by atoms with van der Waals surface area (Å²) >= 11 is 8.47. The van der Waals surface area contributed by atoms with E-state index in [2.05, 4.69) is 30.6 Å². The van der Waals surface area contributed by atoms with E-state index in [4.69, 9.17) is 0 Å². The summed E-state index contributed by atoms with van der Waals surface area (Å²) in [6, 6.07) is -1.29. The quantitative estimate of drug-likeness (QED) is 0.177. The number of carbonyl (C=O) groups excluding carboxylic acids is 3. The van der Waals surface area contributed by atoms with Crippen LogP contribution in [0.4, 0.5) is 0 Å². The zero-order chi connectivity index (χ0) is 16.3. The largest absolute Gasteiger partial charge is 1.00 e. The number of nitrogens with one attached hydrogen (secondary N) is 1. The van der Waals surface area contributed by atoms with Crippen molar-refractivity contribution in [1.29, 1.82) is 0 Å². The molecule has 122 valence electrons. The summed E-state index contributed by atoms with van der Waals surface area (Å²) in [6.45, 7) is 0. The van der Waals surface area contributed by atoms with Crippen LogP contribution in [-0.2, 0) is 14.4 Å². The summed E-state index contributed by atoms with van der Waals surface area (Å²) in [4.78, 5) is 32.6. The number of carboxylic acids is 2. The fourth-order valence-electron chi connectivity index (χ4n) is 1.74. The van der Waals surface area contributed by atoms with Crippen LogP contribution in [0.25, 0.3) is 0 Å². The summed E-state index contributed by atoms with van der Waals surface area (Å²) in [7, 11) is 0. The normalized spacial score (nSPS) is 12.3. The molecule has 23 heavy (non-hydrogen) atoms. The van der Waals surface area contributed by atoms with Crippen molar-refractivity contribution >= 4 is 43.1 Å². The first-order chi connectivity index (χ1) is 9.86. The number of amides is 1. The van der Waals surface area contributed by atoms with Crippen LogP contribution < -0.4 is 74.6 Å². The van der Waals surface area contributed by atoms with Crippen molar-refractivity contribution < 1.29 is 83.7 Å². The van der Waals surface area contributed by atoms with Crippen molar-refractivity contribution in [3.05, 3.63) is 0 Å². The predicted molar refractivity (Wildman–Crippen MR) is 80.9 cm³/mol. The number of carbonyl (C=O) groups is 3. The van der Waals surface area contributed by atoms with Crippen molar-refractivity contribution in [2.24, 2.45) is 0 Å². The Balaban J connectivity index is -0.00000200. The number of rotatable bonds is 12. The predicted octanol–water partition coefficient (Wildman–Crippen LogP) is -7.06. The van der Waals surface area contributed by atoms with E-state index in [-0.39, 0.29) is 77.2 Å². The van der Waals surface area contributed by atoms with Crippen molar-refractivity contribution in [2.45, 2.75) is 56.2 Å². The van der Waals surface area contributed by atoms with Crippen LogP contribution in [-0.4, -0.2) is 34.9 Å². The van der Waals surface area contributed by atoms with Gasteiger partial charge in [-0.15, -0.1) is 0 Å².